The summed E-state index contributed by atoms with van der Waals surface area (Å²) in [5.74, 6) is -1.09. The van der Waals surface area contributed by atoms with Crippen molar-refractivity contribution in [1.82, 2.24) is 4.90 Å². The van der Waals surface area contributed by atoms with E-state index < -0.39 is 22.1 Å². The molecule has 0 bridgehead atoms. The Kier molecular flexibility index (Phi) is 6.05. The lowest BCUT2D eigenvalue weighted by atomic mass is 10.1. The third kappa shape index (κ3) is 4.80. The number of carbonyl (C=O) groups is 2. The molecule has 3 atom stereocenters. The summed E-state index contributed by atoms with van der Waals surface area (Å²) in [5, 5.41) is 5.10. The van der Waals surface area contributed by atoms with Crippen molar-refractivity contribution in [3.8, 4) is 0 Å². The van der Waals surface area contributed by atoms with Crippen molar-refractivity contribution >= 4 is 21.9 Å². The van der Waals surface area contributed by atoms with Gasteiger partial charge in [0.2, 0.25) is 10.0 Å². The van der Waals surface area contributed by atoms with E-state index in [1.165, 1.54) is 19.1 Å². The van der Waals surface area contributed by atoms with Crippen LogP contribution in [0.15, 0.2) is 23.1 Å². The lowest BCUT2D eigenvalue weighted by Gasteiger charge is -2.36. The maximum Gasteiger partial charge on any atom is 0.339 e. The van der Waals surface area contributed by atoms with E-state index in [-0.39, 0.29) is 28.6 Å². The van der Waals surface area contributed by atoms with Crippen LogP contribution in [0.4, 0.5) is 0 Å². The zero-order valence-corrected chi connectivity index (χ0v) is 16.1. The number of morpholine rings is 1. The predicted molar refractivity (Wildman–Crippen MR) is 94.0 cm³/mol. The SMILES string of the molecule is Cc1ccc(S(N)(=O)=O)cc1C(=O)OC(C)C(=O)N1CC(C)OC(C)C1. The fourth-order valence-electron chi connectivity index (χ4n) is 2.89. The highest BCUT2D eigenvalue weighted by atomic mass is 32.2. The largest absolute Gasteiger partial charge is 0.449 e. The summed E-state index contributed by atoms with van der Waals surface area (Å²) in [5.41, 5.74) is 0.579. The summed E-state index contributed by atoms with van der Waals surface area (Å²) in [6, 6.07) is 3.93. The van der Waals surface area contributed by atoms with Crippen LogP contribution in [0.5, 0.6) is 0 Å². The van der Waals surface area contributed by atoms with Gasteiger partial charge in [0.1, 0.15) is 0 Å². The van der Waals surface area contributed by atoms with Crippen LogP contribution in [0, 0.1) is 6.92 Å². The van der Waals surface area contributed by atoms with E-state index in [9.17, 15) is 18.0 Å². The summed E-state index contributed by atoms with van der Waals surface area (Å²) in [6.07, 6.45) is -1.20. The Morgan fingerprint density at radius 2 is 1.85 bits per heavy atom. The topological polar surface area (TPSA) is 116 Å². The first-order valence-corrected chi connectivity index (χ1v) is 9.82. The minimum atomic E-state index is -3.95. The van der Waals surface area contributed by atoms with Gasteiger partial charge in [-0.2, -0.15) is 0 Å². The maximum absolute atomic E-state index is 12.5. The third-order valence-corrected chi connectivity index (χ3v) is 5.03. The van der Waals surface area contributed by atoms with Gasteiger partial charge in [-0.1, -0.05) is 6.07 Å². The molecule has 1 heterocycles. The minimum Gasteiger partial charge on any atom is -0.449 e. The lowest BCUT2D eigenvalue weighted by Crippen LogP contribution is -2.51. The number of hydrogen-bond acceptors (Lipinski definition) is 6. The van der Waals surface area contributed by atoms with Gasteiger partial charge in [0.25, 0.3) is 5.91 Å². The Balaban J connectivity index is 2.13. The summed E-state index contributed by atoms with van der Waals surface area (Å²) >= 11 is 0. The quantitative estimate of drug-likeness (QED) is 0.769. The molecule has 0 aromatic heterocycles. The number of benzene rings is 1. The van der Waals surface area contributed by atoms with E-state index in [0.717, 1.165) is 6.07 Å². The molecule has 1 aromatic carbocycles. The van der Waals surface area contributed by atoms with Crippen molar-refractivity contribution in [2.45, 2.75) is 50.9 Å². The smallest absolute Gasteiger partial charge is 0.339 e. The zero-order valence-electron chi connectivity index (χ0n) is 15.3. The Labute approximate surface area is 153 Å². The van der Waals surface area contributed by atoms with Gasteiger partial charge in [-0.05, 0) is 45.4 Å². The first-order chi connectivity index (χ1) is 12.0. The van der Waals surface area contributed by atoms with Gasteiger partial charge in [0.15, 0.2) is 6.10 Å². The average Bonchev–Trinajstić information content (AvgIpc) is 2.52. The molecule has 0 radical (unpaired) electrons. The van der Waals surface area contributed by atoms with Gasteiger partial charge >= 0.3 is 5.97 Å². The van der Waals surface area contributed by atoms with Crippen molar-refractivity contribution < 1.29 is 27.5 Å². The van der Waals surface area contributed by atoms with E-state index in [2.05, 4.69) is 0 Å². The second kappa shape index (κ2) is 7.73. The Morgan fingerprint density at radius 3 is 2.38 bits per heavy atom. The molecule has 2 N–H and O–H groups in total. The van der Waals surface area contributed by atoms with Crippen LogP contribution in [0.25, 0.3) is 0 Å². The first-order valence-electron chi connectivity index (χ1n) is 8.27. The molecule has 1 aliphatic heterocycles. The highest BCUT2D eigenvalue weighted by molar-refractivity contribution is 7.89. The molecule has 0 saturated carbocycles. The molecule has 9 heteroatoms. The second-order valence-corrected chi connectivity index (χ2v) is 8.13. The number of primary sulfonamides is 1. The monoisotopic (exact) mass is 384 g/mol. The molecule has 1 aromatic rings. The Morgan fingerprint density at radius 1 is 1.27 bits per heavy atom. The zero-order chi connectivity index (χ0) is 19.6. The highest BCUT2D eigenvalue weighted by Crippen LogP contribution is 2.18. The number of carbonyl (C=O) groups excluding carboxylic acids is 2. The van der Waals surface area contributed by atoms with Crippen molar-refractivity contribution in [2.75, 3.05) is 13.1 Å². The molecule has 0 spiro atoms. The van der Waals surface area contributed by atoms with Crippen molar-refractivity contribution in [1.29, 1.82) is 0 Å². The molecular formula is C17H24N2O6S. The number of sulfonamides is 1. The van der Waals surface area contributed by atoms with Gasteiger partial charge < -0.3 is 14.4 Å². The normalized spacial score (nSPS) is 22.0. The number of ether oxygens (including phenoxy) is 2. The van der Waals surface area contributed by atoms with Crippen LogP contribution in [0.1, 0.15) is 36.7 Å². The summed E-state index contributed by atoms with van der Waals surface area (Å²) < 4.78 is 33.8. The molecule has 1 fully saturated rings. The molecule has 1 aliphatic rings. The Hall–Kier alpha value is -1.97. The number of nitrogens with zero attached hydrogens (tertiary/aromatic N) is 1. The van der Waals surface area contributed by atoms with Crippen LogP contribution in [-0.4, -0.2) is 56.6 Å². The highest BCUT2D eigenvalue weighted by Gasteiger charge is 2.31. The molecule has 0 aliphatic carbocycles. The standard InChI is InChI=1S/C17H24N2O6S/c1-10-5-6-14(26(18,22)23)7-15(10)17(21)25-13(4)16(20)19-8-11(2)24-12(3)9-19/h5-7,11-13H,8-9H2,1-4H3,(H2,18,22,23). The predicted octanol–water partition coefficient (Wildman–Crippen LogP) is 0.824. The van der Waals surface area contributed by atoms with Crippen LogP contribution in [-0.2, 0) is 24.3 Å². The van der Waals surface area contributed by atoms with E-state index in [4.69, 9.17) is 14.6 Å². The summed E-state index contributed by atoms with van der Waals surface area (Å²) in [7, 11) is -3.95. The molecule has 26 heavy (non-hydrogen) atoms. The lowest BCUT2D eigenvalue weighted by molar-refractivity contribution is -0.151. The number of nitrogens with two attached hydrogens (primary N) is 1. The van der Waals surface area contributed by atoms with E-state index in [1.54, 1.807) is 11.8 Å². The molecule has 1 amide bonds. The van der Waals surface area contributed by atoms with Crippen LogP contribution < -0.4 is 5.14 Å². The van der Waals surface area contributed by atoms with E-state index in [0.29, 0.717) is 18.7 Å². The molecular weight excluding hydrogens is 360 g/mol. The van der Waals surface area contributed by atoms with Crippen LogP contribution >= 0.6 is 0 Å². The van der Waals surface area contributed by atoms with Gasteiger partial charge in [0.05, 0.1) is 22.7 Å². The van der Waals surface area contributed by atoms with Crippen molar-refractivity contribution in [3.63, 3.8) is 0 Å². The number of rotatable bonds is 4. The molecule has 144 valence electrons. The van der Waals surface area contributed by atoms with Gasteiger partial charge in [-0.15, -0.1) is 0 Å². The maximum atomic E-state index is 12.5. The number of amides is 1. The van der Waals surface area contributed by atoms with Crippen molar-refractivity contribution in [2.24, 2.45) is 5.14 Å². The van der Waals surface area contributed by atoms with Crippen LogP contribution in [0.3, 0.4) is 0 Å². The molecule has 2 rings (SSSR count). The van der Waals surface area contributed by atoms with Gasteiger partial charge in [0, 0.05) is 13.1 Å². The molecule has 8 nitrogen and oxygen atoms in total. The van der Waals surface area contributed by atoms with Crippen molar-refractivity contribution in [3.05, 3.63) is 29.3 Å². The van der Waals surface area contributed by atoms with Gasteiger partial charge in [-0.3, -0.25) is 4.79 Å². The summed E-state index contributed by atoms with van der Waals surface area (Å²) in [4.78, 5) is 26.4. The summed E-state index contributed by atoms with van der Waals surface area (Å²) in [6.45, 7) is 7.71. The average molecular weight is 384 g/mol. The first kappa shape index (κ1) is 20.3. The minimum absolute atomic E-state index is 0.0555. The third-order valence-electron chi connectivity index (χ3n) is 4.12. The molecule has 1 saturated heterocycles. The fraction of sp³-hybridized carbons (Fsp3) is 0.529. The van der Waals surface area contributed by atoms with Gasteiger partial charge in [-0.25, -0.2) is 18.4 Å². The molecule has 3 unspecified atom stereocenters. The van der Waals surface area contributed by atoms with E-state index >= 15 is 0 Å². The number of aryl methyl sites for hydroxylation is 1. The number of esters is 1. The van der Waals surface area contributed by atoms with Crippen LogP contribution in [0.2, 0.25) is 0 Å². The second-order valence-electron chi connectivity index (χ2n) is 6.57. The number of hydrogen-bond donors (Lipinski definition) is 1. The Bertz CT molecular complexity index is 797. The van der Waals surface area contributed by atoms with E-state index in [1.807, 2.05) is 13.8 Å². The fourth-order valence-corrected chi connectivity index (χ4v) is 3.43.